The van der Waals surface area contributed by atoms with Gasteiger partial charge in [-0.15, -0.1) is 0 Å². The van der Waals surface area contributed by atoms with Crippen molar-refractivity contribution in [3.8, 4) is 17.2 Å². The molecule has 5 fully saturated rings. The fourth-order valence-electron chi connectivity index (χ4n) is 11.7. The first-order valence-electron chi connectivity index (χ1n) is 26.4. The predicted octanol–water partition coefficient (Wildman–Crippen LogP) is 0.405. The minimum absolute atomic E-state index is 0.00752. The highest BCUT2D eigenvalue weighted by Crippen LogP contribution is 2.48. The van der Waals surface area contributed by atoms with Crippen LogP contribution in [0.25, 0.3) is 10.8 Å². The van der Waals surface area contributed by atoms with Crippen molar-refractivity contribution < 1.29 is 117 Å². The van der Waals surface area contributed by atoms with E-state index in [0.717, 1.165) is 0 Å². The van der Waals surface area contributed by atoms with Gasteiger partial charge in [-0.1, -0.05) is 0 Å². The Kier molecular flexibility index (Phi) is 18.7. The molecule has 0 amide bonds. The van der Waals surface area contributed by atoms with Crippen molar-refractivity contribution in [2.45, 2.75) is 241 Å². The second-order valence-corrected chi connectivity index (χ2v) is 21.9. The molecular weight excluding hydrogens is 1020 g/mol. The van der Waals surface area contributed by atoms with E-state index in [2.05, 4.69) is 0 Å². The summed E-state index contributed by atoms with van der Waals surface area (Å²) in [5.41, 5.74) is -1.40. The normalized spacial score (nSPS) is 42.1. The number of hydrogen-bond acceptors (Lipinski definition) is 24. The van der Waals surface area contributed by atoms with Crippen molar-refractivity contribution in [1.29, 1.82) is 0 Å². The van der Waals surface area contributed by atoms with Crippen molar-refractivity contribution >= 4 is 22.3 Å². The molecule has 5 saturated heterocycles. The van der Waals surface area contributed by atoms with Gasteiger partial charge in [-0.3, -0.25) is 9.59 Å². The van der Waals surface area contributed by atoms with Crippen LogP contribution >= 0.6 is 0 Å². The van der Waals surface area contributed by atoms with Gasteiger partial charge in [-0.25, -0.2) is 0 Å². The molecule has 0 spiro atoms. The first-order valence-corrected chi connectivity index (χ1v) is 26.4. The number of hydrogen-bond donors (Lipinski definition) is 10. The van der Waals surface area contributed by atoms with Gasteiger partial charge in [0, 0.05) is 57.8 Å². The molecule has 6 aliphatic rings. The Morgan fingerprint density at radius 2 is 1.23 bits per heavy atom. The van der Waals surface area contributed by atoms with Crippen molar-refractivity contribution in [3.05, 3.63) is 28.8 Å². The number of methoxy groups -OCH3 is 2. The molecule has 2 aromatic rings. The van der Waals surface area contributed by atoms with E-state index in [1.165, 1.54) is 28.1 Å². The Labute approximate surface area is 445 Å². The fraction of sp³-hybridized carbons (Fsp3) is 0.774. The second kappa shape index (κ2) is 24.0. The summed E-state index contributed by atoms with van der Waals surface area (Å²) in [6.07, 6.45) is -25.4. The van der Waals surface area contributed by atoms with Crippen LogP contribution in [0.5, 0.6) is 17.2 Å². The lowest BCUT2D eigenvalue weighted by Gasteiger charge is -2.46. The van der Waals surface area contributed by atoms with E-state index in [1.807, 2.05) is 0 Å². The van der Waals surface area contributed by atoms with Gasteiger partial charge in [0.2, 0.25) is 6.29 Å². The maximum absolute atomic E-state index is 15.1. The van der Waals surface area contributed by atoms with E-state index < -0.39 is 176 Å². The number of rotatable bonds is 16. The van der Waals surface area contributed by atoms with Crippen molar-refractivity contribution in [2.24, 2.45) is 5.92 Å². The first kappa shape index (κ1) is 59.8. The van der Waals surface area contributed by atoms with Crippen LogP contribution in [0.15, 0.2) is 12.1 Å². The van der Waals surface area contributed by atoms with E-state index in [4.69, 9.17) is 56.8 Å². The molecule has 5 heterocycles. The number of phenolic OH excluding ortho intramolecular Hbond substituents is 2. The van der Waals surface area contributed by atoms with Crippen LogP contribution in [0, 0.1) is 12.8 Å². The van der Waals surface area contributed by atoms with Crippen molar-refractivity contribution in [2.75, 3.05) is 14.2 Å². The highest BCUT2D eigenvalue weighted by atomic mass is 16.7. The lowest BCUT2D eigenvalue weighted by molar-refractivity contribution is -0.334. The van der Waals surface area contributed by atoms with E-state index in [0.29, 0.717) is 0 Å². The molecule has 0 aromatic heterocycles. The minimum atomic E-state index is -1.94. The number of ether oxygens (including phenoxy) is 12. The maximum atomic E-state index is 15.1. The number of ketones is 2. The molecular formula is C53H78O24. The molecule has 8 rings (SSSR count). The van der Waals surface area contributed by atoms with Crippen LogP contribution in [0.4, 0.5) is 0 Å². The number of fused-ring (bicyclic) bond motifs is 2. The zero-order chi connectivity index (χ0) is 56.3. The molecule has 5 aliphatic heterocycles. The van der Waals surface area contributed by atoms with E-state index in [1.54, 1.807) is 53.7 Å². The molecule has 0 saturated carbocycles. The number of aliphatic hydroxyl groups excluding tert-OH is 7. The van der Waals surface area contributed by atoms with Gasteiger partial charge in [-0.2, -0.15) is 0 Å². The smallest absolute Gasteiger partial charge is 0.202 e. The van der Waals surface area contributed by atoms with Gasteiger partial charge >= 0.3 is 0 Å². The summed E-state index contributed by atoms with van der Waals surface area (Å²) in [6, 6.07) is 3.09. The van der Waals surface area contributed by atoms with Crippen LogP contribution in [0.3, 0.4) is 0 Å². The number of Topliss-reactive ketones (excluding diaryl/α,β-unsaturated/α-hetero) is 2. The van der Waals surface area contributed by atoms with Crippen LogP contribution in [-0.2, 0) is 63.3 Å². The Morgan fingerprint density at radius 3 is 1.81 bits per heavy atom. The molecule has 10 N–H and O–H groups in total. The largest absolute Gasteiger partial charge is 0.507 e. The zero-order valence-electron chi connectivity index (χ0n) is 44.9. The number of aromatic hydroxyl groups is 2. The molecule has 2 aromatic carbocycles. The highest BCUT2D eigenvalue weighted by molar-refractivity contribution is 6.11. The average molecular weight is 1100 g/mol. The second-order valence-electron chi connectivity index (χ2n) is 21.9. The Hall–Kier alpha value is -3.32. The summed E-state index contributed by atoms with van der Waals surface area (Å²) in [6.45, 7) is 12.3. The lowest BCUT2D eigenvalue weighted by atomic mass is 9.75. The standard InChI is InChI=1S/C53H78O24/c1-19-30(73-36-17-33(49(66-9)24(6)71-36)76-34-14-29(55)43(58)21(3)68-34)13-27-11-26-12-28(50(67-10)48(63)42(57)20(2)54)51(47(62)40(26)46(61)39(27)41(19)56)77-37-16-31(44(59)23(5)70-37)74-35-15-32(45(60)22(4)69-35)75-38-18-53(8,65)52(64)25(7)72-38/h11,13,20-25,28-29,31-38,42-45,49-52,54-61,64-65H,12,14-18H2,1-10H3/t20-,21-,22-,23-,24-,25-,28+,29-,31-,32-,33-,34+,35?,36+,37+,38+,42+,43-,44-,45+,49-,50+,51+,52-,53+/m0/s1. The van der Waals surface area contributed by atoms with Crippen LogP contribution in [0.2, 0.25) is 0 Å². The predicted molar refractivity (Wildman–Crippen MR) is 263 cm³/mol. The quantitative estimate of drug-likeness (QED) is 0.109. The molecule has 24 nitrogen and oxygen atoms in total. The van der Waals surface area contributed by atoms with Crippen LogP contribution in [0.1, 0.15) is 102 Å². The zero-order valence-corrected chi connectivity index (χ0v) is 44.9. The molecule has 77 heavy (non-hydrogen) atoms. The topological polar surface area (TPSA) is 347 Å². The van der Waals surface area contributed by atoms with Crippen LogP contribution < -0.4 is 4.74 Å². The molecule has 1 aliphatic carbocycles. The summed E-state index contributed by atoms with van der Waals surface area (Å²) in [7, 11) is 2.69. The highest BCUT2D eigenvalue weighted by Gasteiger charge is 2.52. The van der Waals surface area contributed by atoms with Gasteiger partial charge in [-0.05, 0) is 84.9 Å². The number of phenols is 2. The Bertz CT molecular complexity index is 2370. The van der Waals surface area contributed by atoms with Crippen LogP contribution in [-0.4, -0.2) is 224 Å². The monoisotopic (exact) mass is 1100 g/mol. The van der Waals surface area contributed by atoms with E-state index in [9.17, 15) is 55.9 Å². The average Bonchev–Trinajstić information content (AvgIpc) is 3.36. The Balaban J connectivity index is 1.05. The number of carbonyl (C=O) groups excluding carboxylic acids is 2. The summed E-state index contributed by atoms with van der Waals surface area (Å²) in [4.78, 5) is 29.0. The molecule has 434 valence electrons. The summed E-state index contributed by atoms with van der Waals surface area (Å²) in [5.74, 6) is -3.94. The molecule has 25 atom stereocenters. The number of benzene rings is 2. The SMILES string of the molecule is CO[C@H]1[C@H](C)O[C@H](Oc2cc3cc4c(c(O)c3c(O)c2C)C(=O)[C@H](O[C@@H]2C[C@H](OC3C[C@H](O[C@@H]5C[C@@](C)(O)[C@@H](O)[C@H](C)O5)[C@H](O)[C@H](C)O3)[C@@H](O)[C@H](C)O2)[C@@H]([C@@H](OC)C(=O)[C@H](O)[C@H](C)O)C4)C[C@@H]1O[C@@H]1C[C@H](O)[C@@H](O)[C@H](C)O1. The third kappa shape index (κ3) is 12.3. The van der Waals surface area contributed by atoms with Gasteiger partial charge in [0.15, 0.2) is 36.7 Å². The molecule has 0 bridgehead atoms. The summed E-state index contributed by atoms with van der Waals surface area (Å²) in [5, 5.41) is 110. The first-order chi connectivity index (χ1) is 36.2. The fourth-order valence-corrected chi connectivity index (χ4v) is 11.7. The van der Waals surface area contributed by atoms with Gasteiger partial charge in [0.05, 0.1) is 77.6 Å². The summed E-state index contributed by atoms with van der Waals surface area (Å²) < 4.78 is 73.0. The lowest BCUT2D eigenvalue weighted by Crippen LogP contribution is -2.58. The van der Waals surface area contributed by atoms with E-state index in [-0.39, 0.29) is 71.7 Å². The third-order valence-corrected chi connectivity index (χ3v) is 16.1. The molecule has 1 unspecified atom stereocenters. The number of carbonyl (C=O) groups is 2. The molecule has 24 heteroatoms. The Morgan fingerprint density at radius 1 is 0.701 bits per heavy atom. The minimum Gasteiger partial charge on any atom is -0.507 e. The number of aliphatic hydroxyl groups is 8. The summed E-state index contributed by atoms with van der Waals surface area (Å²) >= 11 is 0. The van der Waals surface area contributed by atoms with Crippen molar-refractivity contribution in [3.63, 3.8) is 0 Å². The van der Waals surface area contributed by atoms with E-state index >= 15 is 4.79 Å². The maximum Gasteiger partial charge on any atom is 0.202 e. The van der Waals surface area contributed by atoms with Gasteiger partial charge in [0.1, 0.15) is 66.1 Å². The van der Waals surface area contributed by atoms with Gasteiger partial charge < -0.3 is 108 Å². The van der Waals surface area contributed by atoms with Gasteiger partial charge in [0.25, 0.3) is 0 Å². The molecule has 0 radical (unpaired) electrons. The third-order valence-electron chi connectivity index (χ3n) is 16.1. The van der Waals surface area contributed by atoms with Crippen molar-refractivity contribution in [1.82, 2.24) is 0 Å².